The molecule has 2 nitrogen and oxygen atoms in total. The molecule has 1 aromatic heterocycles. The van der Waals surface area contributed by atoms with Crippen molar-refractivity contribution in [2.24, 2.45) is 0 Å². The normalized spacial score (nSPS) is 10.8. The summed E-state index contributed by atoms with van der Waals surface area (Å²) in [5.74, 6) is 0.859. The fourth-order valence-corrected chi connectivity index (χ4v) is 1.43. The van der Waals surface area contributed by atoms with Crippen molar-refractivity contribution in [1.29, 1.82) is 0 Å². The summed E-state index contributed by atoms with van der Waals surface area (Å²) >= 11 is 0. The van der Waals surface area contributed by atoms with Gasteiger partial charge in [-0.05, 0) is 26.0 Å². The SMILES string of the molecule is CC(C)Oc1cccc2cccnc12. The molecule has 0 atom stereocenters. The summed E-state index contributed by atoms with van der Waals surface area (Å²) < 4.78 is 5.66. The van der Waals surface area contributed by atoms with E-state index in [1.165, 1.54) is 0 Å². The second-order valence-corrected chi connectivity index (χ2v) is 3.50. The van der Waals surface area contributed by atoms with E-state index in [1.54, 1.807) is 6.20 Å². The number of rotatable bonds is 2. The Hall–Kier alpha value is -1.57. The molecule has 0 bridgehead atoms. The van der Waals surface area contributed by atoms with Crippen LogP contribution in [0.5, 0.6) is 5.75 Å². The van der Waals surface area contributed by atoms with Crippen LogP contribution in [0.3, 0.4) is 0 Å². The minimum absolute atomic E-state index is 0.183. The Kier molecular flexibility index (Phi) is 2.35. The molecule has 0 spiro atoms. The van der Waals surface area contributed by atoms with Gasteiger partial charge in [0.1, 0.15) is 11.3 Å². The summed E-state index contributed by atoms with van der Waals surface area (Å²) in [6, 6.07) is 9.95. The van der Waals surface area contributed by atoms with Gasteiger partial charge in [-0.1, -0.05) is 18.2 Å². The number of benzene rings is 1. The molecule has 0 aliphatic rings. The summed E-state index contributed by atoms with van der Waals surface area (Å²) in [7, 11) is 0. The highest BCUT2D eigenvalue weighted by atomic mass is 16.5. The predicted octanol–water partition coefficient (Wildman–Crippen LogP) is 3.02. The van der Waals surface area contributed by atoms with E-state index < -0.39 is 0 Å². The van der Waals surface area contributed by atoms with Crippen LogP contribution >= 0.6 is 0 Å². The van der Waals surface area contributed by atoms with Crippen molar-refractivity contribution < 1.29 is 4.74 Å². The van der Waals surface area contributed by atoms with E-state index in [0.717, 1.165) is 16.7 Å². The fraction of sp³-hybridized carbons (Fsp3) is 0.250. The molecule has 14 heavy (non-hydrogen) atoms. The quantitative estimate of drug-likeness (QED) is 0.721. The van der Waals surface area contributed by atoms with Crippen LogP contribution in [0.15, 0.2) is 36.5 Å². The lowest BCUT2D eigenvalue weighted by Crippen LogP contribution is -2.06. The Morgan fingerprint density at radius 2 is 1.93 bits per heavy atom. The number of para-hydroxylation sites is 1. The third-order valence-corrected chi connectivity index (χ3v) is 1.96. The molecule has 0 aliphatic heterocycles. The van der Waals surface area contributed by atoms with Gasteiger partial charge in [-0.3, -0.25) is 4.98 Å². The summed E-state index contributed by atoms with van der Waals surface area (Å²) in [6.45, 7) is 4.03. The number of pyridine rings is 1. The molecule has 72 valence electrons. The smallest absolute Gasteiger partial charge is 0.145 e. The van der Waals surface area contributed by atoms with Gasteiger partial charge in [-0.2, -0.15) is 0 Å². The third kappa shape index (κ3) is 1.69. The fourth-order valence-electron chi connectivity index (χ4n) is 1.43. The third-order valence-electron chi connectivity index (χ3n) is 1.96. The predicted molar refractivity (Wildman–Crippen MR) is 57.5 cm³/mol. The van der Waals surface area contributed by atoms with E-state index in [9.17, 15) is 0 Å². The van der Waals surface area contributed by atoms with E-state index in [1.807, 2.05) is 44.2 Å². The Labute approximate surface area is 83.5 Å². The van der Waals surface area contributed by atoms with Crippen LogP contribution in [0.2, 0.25) is 0 Å². The summed E-state index contributed by atoms with van der Waals surface area (Å²) in [5.41, 5.74) is 0.934. The van der Waals surface area contributed by atoms with E-state index in [0.29, 0.717) is 0 Å². The first kappa shape index (κ1) is 9.00. The molecule has 1 heterocycles. The van der Waals surface area contributed by atoms with Crippen molar-refractivity contribution in [3.63, 3.8) is 0 Å². The zero-order chi connectivity index (χ0) is 9.97. The molecule has 0 unspecified atom stereocenters. The largest absolute Gasteiger partial charge is 0.489 e. The molecule has 0 aliphatic carbocycles. The zero-order valence-electron chi connectivity index (χ0n) is 8.40. The monoisotopic (exact) mass is 187 g/mol. The maximum absolute atomic E-state index is 5.66. The average molecular weight is 187 g/mol. The standard InChI is InChI=1S/C12H13NO/c1-9(2)14-11-7-3-5-10-6-4-8-13-12(10)11/h3-9H,1-2H3. The molecule has 2 aromatic rings. The van der Waals surface area contributed by atoms with Gasteiger partial charge in [0.25, 0.3) is 0 Å². The molecule has 2 rings (SSSR count). The summed E-state index contributed by atoms with van der Waals surface area (Å²) in [6.07, 6.45) is 1.97. The zero-order valence-corrected chi connectivity index (χ0v) is 8.40. The number of ether oxygens (including phenoxy) is 1. The highest BCUT2D eigenvalue weighted by molar-refractivity contribution is 5.84. The van der Waals surface area contributed by atoms with Crippen LogP contribution in [0.1, 0.15) is 13.8 Å². The van der Waals surface area contributed by atoms with Crippen molar-refractivity contribution in [2.75, 3.05) is 0 Å². The topological polar surface area (TPSA) is 22.1 Å². The van der Waals surface area contributed by atoms with Crippen molar-refractivity contribution in [3.8, 4) is 5.75 Å². The second kappa shape index (κ2) is 3.66. The van der Waals surface area contributed by atoms with E-state index in [2.05, 4.69) is 4.98 Å². The Bertz CT molecular complexity index is 432. The van der Waals surface area contributed by atoms with Crippen molar-refractivity contribution in [1.82, 2.24) is 4.98 Å². The molecule has 0 amide bonds. The number of fused-ring (bicyclic) bond motifs is 1. The van der Waals surface area contributed by atoms with Gasteiger partial charge < -0.3 is 4.74 Å². The van der Waals surface area contributed by atoms with Gasteiger partial charge in [0.2, 0.25) is 0 Å². The Morgan fingerprint density at radius 1 is 1.14 bits per heavy atom. The molecular formula is C12H13NO. The van der Waals surface area contributed by atoms with Crippen LogP contribution in [0.4, 0.5) is 0 Å². The van der Waals surface area contributed by atoms with Gasteiger partial charge in [0.15, 0.2) is 0 Å². The summed E-state index contributed by atoms with van der Waals surface area (Å²) in [4.78, 5) is 4.31. The van der Waals surface area contributed by atoms with Crippen LogP contribution in [0.25, 0.3) is 10.9 Å². The van der Waals surface area contributed by atoms with E-state index in [4.69, 9.17) is 4.74 Å². The minimum Gasteiger partial charge on any atom is -0.489 e. The Balaban J connectivity index is 2.53. The maximum atomic E-state index is 5.66. The lowest BCUT2D eigenvalue weighted by atomic mass is 10.2. The second-order valence-electron chi connectivity index (χ2n) is 3.50. The van der Waals surface area contributed by atoms with Crippen molar-refractivity contribution >= 4 is 10.9 Å². The number of nitrogens with zero attached hydrogens (tertiary/aromatic N) is 1. The van der Waals surface area contributed by atoms with Gasteiger partial charge >= 0.3 is 0 Å². The van der Waals surface area contributed by atoms with Crippen LogP contribution in [-0.2, 0) is 0 Å². The van der Waals surface area contributed by atoms with Gasteiger partial charge in [-0.15, -0.1) is 0 Å². The van der Waals surface area contributed by atoms with E-state index >= 15 is 0 Å². The molecule has 1 aromatic carbocycles. The molecule has 0 fully saturated rings. The molecule has 2 heteroatoms. The molecule has 0 radical (unpaired) electrons. The van der Waals surface area contributed by atoms with Gasteiger partial charge in [0, 0.05) is 11.6 Å². The first-order valence-electron chi connectivity index (χ1n) is 4.78. The lowest BCUT2D eigenvalue weighted by Gasteiger charge is -2.10. The van der Waals surface area contributed by atoms with Crippen LogP contribution < -0.4 is 4.74 Å². The van der Waals surface area contributed by atoms with Crippen LogP contribution in [0, 0.1) is 0 Å². The maximum Gasteiger partial charge on any atom is 0.145 e. The molecule has 0 N–H and O–H groups in total. The number of hydrogen-bond donors (Lipinski definition) is 0. The van der Waals surface area contributed by atoms with Crippen molar-refractivity contribution in [3.05, 3.63) is 36.5 Å². The Morgan fingerprint density at radius 3 is 2.71 bits per heavy atom. The molecule has 0 saturated carbocycles. The highest BCUT2D eigenvalue weighted by Gasteiger charge is 2.03. The number of hydrogen-bond acceptors (Lipinski definition) is 2. The van der Waals surface area contributed by atoms with E-state index in [-0.39, 0.29) is 6.10 Å². The van der Waals surface area contributed by atoms with Crippen LogP contribution in [-0.4, -0.2) is 11.1 Å². The average Bonchev–Trinajstić information content (AvgIpc) is 2.18. The lowest BCUT2D eigenvalue weighted by molar-refractivity contribution is 0.245. The van der Waals surface area contributed by atoms with Crippen molar-refractivity contribution in [2.45, 2.75) is 20.0 Å². The van der Waals surface area contributed by atoms with Gasteiger partial charge in [0.05, 0.1) is 6.10 Å². The molecule has 0 saturated heterocycles. The first-order valence-corrected chi connectivity index (χ1v) is 4.78. The summed E-state index contributed by atoms with van der Waals surface area (Å²) in [5, 5.41) is 1.12. The first-order chi connectivity index (χ1) is 6.77. The number of aromatic nitrogens is 1. The minimum atomic E-state index is 0.183. The molecular weight excluding hydrogens is 174 g/mol. The van der Waals surface area contributed by atoms with Gasteiger partial charge in [-0.25, -0.2) is 0 Å². The highest BCUT2D eigenvalue weighted by Crippen LogP contribution is 2.23.